The summed E-state index contributed by atoms with van der Waals surface area (Å²) in [6, 6.07) is 15.7. The lowest BCUT2D eigenvalue weighted by atomic mass is 10.2. The van der Waals surface area contributed by atoms with Crippen LogP contribution in [0.4, 0.5) is 5.13 Å². The number of hydrogen-bond donors (Lipinski definition) is 0. The molecule has 0 aliphatic carbocycles. The number of benzene rings is 2. The van der Waals surface area contributed by atoms with Gasteiger partial charge in [0, 0.05) is 44.6 Å². The summed E-state index contributed by atoms with van der Waals surface area (Å²) >= 11 is 1.46. The monoisotopic (exact) mass is 552 g/mol. The molecule has 0 saturated carbocycles. The van der Waals surface area contributed by atoms with Gasteiger partial charge in [0.05, 0.1) is 27.3 Å². The molecule has 0 radical (unpaired) electrons. The second-order valence-electron chi connectivity index (χ2n) is 8.70. The first-order valence-electron chi connectivity index (χ1n) is 12.5. The van der Waals surface area contributed by atoms with Crippen LogP contribution in [0.3, 0.4) is 0 Å². The number of rotatable bonds is 13. The molecular formula is C27H32N6O3S2. The number of carbonyl (C=O) groups is 1. The Bertz CT molecular complexity index is 1420. The van der Waals surface area contributed by atoms with E-state index >= 15 is 0 Å². The van der Waals surface area contributed by atoms with Crippen LogP contribution in [0.1, 0.15) is 42.6 Å². The number of nitriles is 2. The van der Waals surface area contributed by atoms with Gasteiger partial charge in [0.2, 0.25) is 10.0 Å². The highest BCUT2D eigenvalue weighted by Gasteiger charge is 2.26. The van der Waals surface area contributed by atoms with Gasteiger partial charge in [0.15, 0.2) is 5.13 Å². The van der Waals surface area contributed by atoms with Crippen molar-refractivity contribution in [1.82, 2.24) is 14.2 Å². The van der Waals surface area contributed by atoms with Crippen LogP contribution in [-0.4, -0.2) is 67.8 Å². The summed E-state index contributed by atoms with van der Waals surface area (Å²) < 4.78 is 28.4. The molecule has 1 aromatic heterocycles. The fourth-order valence-corrected chi connectivity index (χ4v) is 6.51. The topological polar surface area (TPSA) is 121 Å². The highest BCUT2D eigenvalue weighted by molar-refractivity contribution is 7.89. The third-order valence-electron chi connectivity index (χ3n) is 6.23. The lowest BCUT2D eigenvalue weighted by Gasteiger charge is -2.25. The minimum absolute atomic E-state index is 0.00257. The van der Waals surface area contributed by atoms with E-state index in [1.807, 2.05) is 37.3 Å². The Morgan fingerprint density at radius 1 is 0.947 bits per heavy atom. The van der Waals surface area contributed by atoms with Crippen LogP contribution >= 0.6 is 11.3 Å². The highest BCUT2D eigenvalue weighted by Crippen LogP contribution is 2.30. The SMILES string of the molecule is CCN(CC)CCN(C(=O)c1ccc(S(=O)(=O)N(CCC#N)CCC#N)cc1)c1nc2ccc(C)cc2s1. The molecule has 3 rings (SSSR count). The molecule has 0 aliphatic rings. The summed E-state index contributed by atoms with van der Waals surface area (Å²) in [7, 11) is -3.92. The van der Waals surface area contributed by atoms with Gasteiger partial charge in [-0.2, -0.15) is 14.8 Å². The zero-order valence-electron chi connectivity index (χ0n) is 21.9. The number of hydrogen-bond acceptors (Lipinski definition) is 8. The van der Waals surface area contributed by atoms with Gasteiger partial charge in [-0.3, -0.25) is 9.69 Å². The lowest BCUT2D eigenvalue weighted by molar-refractivity contribution is 0.0983. The molecule has 200 valence electrons. The number of aromatic nitrogens is 1. The van der Waals surface area contributed by atoms with E-state index in [-0.39, 0.29) is 36.7 Å². The molecule has 11 heteroatoms. The van der Waals surface area contributed by atoms with E-state index < -0.39 is 10.0 Å². The van der Waals surface area contributed by atoms with Gasteiger partial charge in [0.1, 0.15) is 0 Å². The van der Waals surface area contributed by atoms with Gasteiger partial charge in [0.25, 0.3) is 5.91 Å². The molecule has 1 amide bonds. The average Bonchev–Trinajstić information content (AvgIpc) is 3.33. The van der Waals surface area contributed by atoms with Crippen LogP contribution in [0.5, 0.6) is 0 Å². The van der Waals surface area contributed by atoms with Crippen LogP contribution in [0.25, 0.3) is 10.2 Å². The van der Waals surface area contributed by atoms with Crippen LogP contribution in [0.15, 0.2) is 47.4 Å². The van der Waals surface area contributed by atoms with Gasteiger partial charge in [-0.05, 0) is 62.0 Å². The Labute approximate surface area is 228 Å². The van der Waals surface area contributed by atoms with Gasteiger partial charge >= 0.3 is 0 Å². The molecule has 0 bridgehead atoms. The van der Waals surface area contributed by atoms with Gasteiger partial charge in [-0.25, -0.2) is 13.4 Å². The van der Waals surface area contributed by atoms with Crippen LogP contribution < -0.4 is 4.90 Å². The zero-order chi connectivity index (χ0) is 27.7. The van der Waals surface area contributed by atoms with Crippen molar-refractivity contribution in [3.8, 4) is 12.1 Å². The standard InChI is InChI=1S/C27H32N6O3S2/c1-4-31(5-2)18-19-33(27-30-24-13-8-21(3)20-25(24)37-27)26(34)22-9-11-23(12-10-22)38(35,36)32(16-6-14-28)17-7-15-29/h8-13,20H,4-7,16-19H2,1-3H3. The first kappa shape index (κ1) is 29.2. The molecule has 3 aromatic rings. The van der Waals surface area contributed by atoms with Crippen molar-refractivity contribution in [2.24, 2.45) is 0 Å². The second-order valence-corrected chi connectivity index (χ2v) is 11.6. The highest BCUT2D eigenvalue weighted by atomic mass is 32.2. The maximum atomic E-state index is 13.7. The number of amides is 1. The Morgan fingerprint density at radius 2 is 1.58 bits per heavy atom. The van der Waals surface area contributed by atoms with Crippen LogP contribution in [0.2, 0.25) is 0 Å². The summed E-state index contributed by atoms with van der Waals surface area (Å²) in [5.74, 6) is -0.261. The maximum Gasteiger partial charge on any atom is 0.260 e. The molecule has 0 spiro atoms. The van der Waals surface area contributed by atoms with E-state index in [1.54, 1.807) is 4.90 Å². The van der Waals surface area contributed by atoms with Crippen molar-refractivity contribution in [1.29, 1.82) is 10.5 Å². The quantitative estimate of drug-likeness (QED) is 0.308. The van der Waals surface area contributed by atoms with Crippen molar-refractivity contribution >= 4 is 42.6 Å². The Morgan fingerprint density at radius 3 is 2.16 bits per heavy atom. The molecule has 38 heavy (non-hydrogen) atoms. The normalized spacial score (nSPS) is 11.6. The summed E-state index contributed by atoms with van der Waals surface area (Å²) in [5, 5.41) is 18.4. The third kappa shape index (κ3) is 6.94. The van der Waals surface area contributed by atoms with Crippen molar-refractivity contribution < 1.29 is 13.2 Å². The number of likely N-dealkylation sites (N-methyl/N-ethyl adjacent to an activating group) is 1. The minimum Gasteiger partial charge on any atom is -0.302 e. The molecule has 9 nitrogen and oxygen atoms in total. The molecule has 2 aromatic carbocycles. The molecule has 0 atom stereocenters. The lowest BCUT2D eigenvalue weighted by Crippen LogP contribution is -2.39. The van der Waals surface area contributed by atoms with E-state index in [9.17, 15) is 13.2 Å². The predicted octanol–water partition coefficient (Wildman–Crippen LogP) is 4.41. The smallest absolute Gasteiger partial charge is 0.260 e. The molecule has 0 aliphatic heterocycles. The first-order valence-corrected chi connectivity index (χ1v) is 14.8. The largest absolute Gasteiger partial charge is 0.302 e. The summed E-state index contributed by atoms with van der Waals surface area (Å²) in [6.07, 6.45) is 0.0365. The summed E-state index contributed by atoms with van der Waals surface area (Å²) in [5.41, 5.74) is 2.29. The number of sulfonamides is 1. The first-order chi connectivity index (χ1) is 18.2. The van der Waals surface area contributed by atoms with E-state index in [4.69, 9.17) is 15.5 Å². The van der Waals surface area contributed by atoms with Crippen LogP contribution in [0, 0.1) is 29.6 Å². The van der Waals surface area contributed by atoms with E-state index in [0.29, 0.717) is 23.8 Å². The number of carbonyl (C=O) groups excluding carboxylic acids is 1. The zero-order valence-corrected chi connectivity index (χ0v) is 23.6. The number of aryl methyl sites for hydroxylation is 1. The van der Waals surface area contributed by atoms with Gasteiger partial charge < -0.3 is 4.90 Å². The van der Waals surface area contributed by atoms with Crippen molar-refractivity contribution in [2.45, 2.75) is 38.5 Å². The van der Waals surface area contributed by atoms with E-state index in [1.165, 1.54) is 35.6 Å². The van der Waals surface area contributed by atoms with Gasteiger partial charge in [-0.15, -0.1) is 0 Å². The van der Waals surface area contributed by atoms with E-state index in [0.717, 1.165) is 33.2 Å². The fourth-order valence-electron chi connectivity index (χ4n) is 3.98. The summed E-state index contributed by atoms with van der Waals surface area (Å²) in [6.45, 7) is 8.99. The summed E-state index contributed by atoms with van der Waals surface area (Å²) in [4.78, 5) is 22.3. The Hall–Kier alpha value is -3.35. The van der Waals surface area contributed by atoms with Crippen molar-refractivity contribution in [2.75, 3.05) is 44.2 Å². The molecular weight excluding hydrogens is 520 g/mol. The van der Waals surface area contributed by atoms with E-state index in [2.05, 4.69) is 18.7 Å². The Kier molecular flexibility index (Phi) is 10.3. The molecule has 0 saturated heterocycles. The second kappa shape index (κ2) is 13.4. The maximum absolute atomic E-state index is 13.7. The van der Waals surface area contributed by atoms with Crippen molar-refractivity contribution in [3.63, 3.8) is 0 Å². The number of nitrogens with zero attached hydrogens (tertiary/aromatic N) is 6. The predicted molar refractivity (Wildman–Crippen MR) is 149 cm³/mol. The molecule has 0 fully saturated rings. The minimum atomic E-state index is -3.92. The molecule has 1 heterocycles. The number of fused-ring (bicyclic) bond motifs is 1. The number of anilines is 1. The van der Waals surface area contributed by atoms with Crippen LogP contribution in [-0.2, 0) is 10.0 Å². The molecule has 0 N–H and O–H groups in total. The molecule has 0 unspecified atom stereocenters. The Balaban J connectivity index is 1.91. The third-order valence-corrected chi connectivity index (χ3v) is 9.18. The number of thiazole rings is 1. The van der Waals surface area contributed by atoms with Gasteiger partial charge in [-0.1, -0.05) is 31.3 Å². The van der Waals surface area contributed by atoms with Crippen molar-refractivity contribution in [3.05, 3.63) is 53.6 Å². The fraction of sp³-hybridized carbons (Fsp3) is 0.407. The average molecular weight is 553 g/mol.